The summed E-state index contributed by atoms with van der Waals surface area (Å²) >= 11 is 0. The summed E-state index contributed by atoms with van der Waals surface area (Å²) in [5, 5.41) is 3.31. The van der Waals surface area contributed by atoms with Gasteiger partial charge in [-0.15, -0.1) is 4.99 Å². The third-order valence-corrected chi connectivity index (χ3v) is 5.98. The van der Waals surface area contributed by atoms with E-state index in [0.29, 0.717) is 17.5 Å². The lowest BCUT2D eigenvalue weighted by Crippen LogP contribution is -2.45. The first-order valence-corrected chi connectivity index (χ1v) is 12.6. The molecule has 3 rings (SSSR count). The first-order valence-electron chi connectivity index (χ1n) is 12.6. The van der Waals surface area contributed by atoms with Gasteiger partial charge in [-0.1, -0.05) is 56.3 Å². The second-order valence-corrected chi connectivity index (χ2v) is 10.6. The highest BCUT2D eigenvalue weighted by Crippen LogP contribution is 2.39. The Bertz CT molecular complexity index is 1170. The van der Waals surface area contributed by atoms with Crippen LogP contribution in [0.15, 0.2) is 59.6 Å². The molecular weight excluding hydrogens is 470 g/mol. The number of nitrogens with zero attached hydrogens (tertiary/aromatic N) is 2. The maximum Gasteiger partial charge on any atom is 0.437 e. The molecule has 0 radical (unpaired) electrons. The van der Waals surface area contributed by atoms with Crippen LogP contribution in [0.4, 0.5) is 4.79 Å². The Morgan fingerprint density at radius 2 is 1.73 bits per heavy atom. The number of amides is 2. The average Bonchev–Trinajstić information content (AvgIpc) is 3.09. The molecule has 8 nitrogen and oxygen atoms in total. The van der Waals surface area contributed by atoms with E-state index in [0.717, 1.165) is 5.56 Å². The lowest BCUT2D eigenvalue weighted by molar-refractivity contribution is -0.133. The highest BCUT2D eigenvalue weighted by Gasteiger charge is 2.53. The maximum atomic E-state index is 14.3. The van der Waals surface area contributed by atoms with E-state index in [-0.39, 0.29) is 24.4 Å². The Balaban J connectivity index is 2.13. The minimum absolute atomic E-state index is 0.109. The summed E-state index contributed by atoms with van der Waals surface area (Å²) in [6.45, 7) is 13.2. The zero-order valence-electron chi connectivity index (χ0n) is 22.7. The molecule has 1 aliphatic rings. The summed E-state index contributed by atoms with van der Waals surface area (Å²) in [5.41, 5.74) is -0.00849. The monoisotopic (exact) mass is 507 g/mol. The number of hydrogen-bond acceptors (Lipinski definition) is 5. The molecule has 8 heteroatoms. The van der Waals surface area contributed by atoms with Gasteiger partial charge in [-0.3, -0.25) is 9.69 Å². The fourth-order valence-electron chi connectivity index (χ4n) is 4.49. The number of carbonyl (C=O) groups excluding carboxylic acids is 3. The number of hydrogen-bond donors (Lipinski definition) is 1. The van der Waals surface area contributed by atoms with Crippen molar-refractivity contribution in [1.82, 2.24) is 10.2 Å². The zero-order chi connectivity index (χ0) is 27.4. The Labute approximate surface area is 219 Å². The van der Waals surface area contributed by atoms with E-state index < -0.39 is 29.2 Å². The van der Waals surface area contributed by atoms with Crippen LogP contribution in [0.25, 0.3) is 0 Å². The summed E-state index contributed by atoms with van der Waals surface area (Å²) in [7, 11) is 0. The topological polar surface area (TPSA) is 97.3 Å². The predicted octanol–water partition coefficient (Wildman–Crippen LogP) is 5.59. The molecule has 0 spiro atoms. The Kier molecular flexibility index (Phi) is 8.41. The molecule has 2 amide bonds. The van der Waals surface area contributed by atoms with Gasteiger partial charge in [0.1, 0.15) is 11.1 Å². The molecule has 37 heavy (non-hydrogen) atoms. The van der Waals surface area contributed by atoms with Gasteiger partial charge in [-0.2, -0.15) is 0 Å². The number of carbonyl (C=O) groups is 3. The first kappa shape index (κ1) is 27.9. The molecule has 1 N–H and O–H groups in total. The summed E-state index contributed by atoms with van der Waals surface area (Å²) in [6.07, 6.45) is -0.316. The van der Waals surface area contributed by atoms with Gasteiger partial charge in [0.2, 0.25) is 5.96 Å². The lowest BCUT2D eigenvalue weighted by atomic mass is 9.82. The summed E-state index contributed by atoms with van der Waals surface area (Å²) < 4.78 is 10.6. The Morgan fingerprint density at radius 3 is 2.32 bits per heavy atom. The molecule has 2 aromatic carbocycles. The Morgan fingerprint density at radius 1 is 1.05 bits per heavy atom. The van der Waals surface area contributed by atoms with E-state index >= 15 is 0 Å². The van der Waals surface area contributed by atoms with Gasteiger partial charge in [-0.05, 0) is 70.2 Å². The van der Waals surface area contributed by atoms with Gasteiger partial charge >= 0.3 is 12.1 Å². The molecule has 0 saturated carbocycles. The number of ether oxygens (including phenoxy) is 2. The van der Waals surface area contributed by atoms with Crippen molar-refractivity contribution in [2.75, 3.05) is 6.61 Å². The average molecular weight is 508 g/mol. The van der Waals surface area contributed by atoms with E-state index in [4.69, 9.17) is 9.47 Å². The molecule has 0 bridgehead atoms. The van der Waals surface area contributed by atoms with E-state index in [1.54, 1.807) is 45.9 Å². The minimum atomic E-state index is -1.12. The van der Waals surface area contributed by atoms with Crippen LogP contribution in [-0.2, 0) is 19.8 Å². The van der Waals surface area contributed by atoms with Gasteiger partial charge in [0.15, 0.2) is 0 Å². The molecule has 2 atom stereocenters. The van der Waals surface area contributed by atoms with Crippen LogP contribution in [0.5, 0.6) is 0 Å². The van der Waals surface area contributed by atoms with Crippen molar-refractivity contribution in [1.29, 1.82) is 0 Å². The normalized spacial score (nSPS) is 19.6. The highest BCUT2D eigenvalue weighted by atomic mass is 16.6. The predicted molar refractivity (Wildman–Crippen MR) is 142 cm³/mol. The third-order valence-electron chi connectivity index (χ3n) is 5.98. The van der Waals surface area contributed by atoms with Gasteiger partial charge in [0, 0.05) is 0 Å². The van der Waals surface area contributed by atoms with Crippen molar-refractivity contribution in [2.45, 2.75) is 72.1 Å². The molecule has 0 aromatic heterocycles. The van der Waals surface area contributed by atoms with Crippen LogP contribution >= 0.6 is 0 Å². The fraction of sp³-hybridized carbons (Fsp3) is 0.448. The summed E-state index contributed by atoms with van der Waals surface area (Å²) in [6, 6.07) is 15.8. The van der Waals surface area contributed by atoms with E-state index in [1.165, 1.54) is 4.90 Å². The molecule has 1 unspecified atom stereocenters. The molecule has 1 aliphatic heterocycles. The van der Waals surface area contributed by atoms with Crippen LogP contribution in [0.2, 0.25) is 0 Å². The highest BCUT2D eigenvalue weighted by molar-refractivity contribution is 6.11. The van der Waals surface area contributed by atoms with Crippen LogP contribution in [-0.4, -0.2) is 41.0 Å². The fourth-order valence-corrected chi connectivity index (χ4v) is 4.49. The number of nitrogens with one attached hydrogen (secondary N) is 1. The van der Waals surface area contributed by atoms with Crippen LogP contribution in [0.3, 0.4) is 0 Å². The van der Waals surface area contributed by atoms with Crippen LogP contribution in [0.1, 0.15) is 82.4 Å². The number of benzene rings is 2. The summed E-state index contributed by atoms with van der Waals surface area (Å²) in [4.78, 5) is 45.1. The molecule has 0 aliphatic carbocycles. The molecular formula is C29H37N3O5. The number of aliphatic imine (C=N–C) groups is 1. The minimum Gasteiger partial charge on any atom is -0.462 e. The molecule has 198 valence electrons. The van der Waals surface area contributed by atoms with E-state index in [1.807, 2.05) is 57.2 Å². The van der Waals surface area contributed by atoms with Gasteiger partial charge < -0.3 is 14.8 Å². The van der Waals surface area contributed by atoms with E-state index in [9.17, 15) is 14.4 Å². The van der Waals surface area contributed by atoms with Gasteiger partial charge in [0.25, 0.3) is 5.91 Å². The SMILES string of the molecule is CCOC(=O)c1cccc([C@@H](C)N2C(=O)C(CC(C)C)(c3ccccc3)NC2=NC(=O)OC(C)(C)C)c1. The van der Waals surface area contributed by atoms with Gasteiger partial charge in [-0.25, -0.2) is 9.59 Å². The second-order valence-electron chi connectivity index (χ2n) is 10.6. The quantitative estimate of drug-likeness (QED) is 0.491. The largest absolute Gasteiger partial charge is 0.462 e. The van der Waals surface area contributed by atoms with Crippen LogP contribution in [0, 0.1) is 5.92 Å². The molecule has 1 saturated heterocycles. The molecule has 1 fully saturated rings. The van der Waals surface area contributed by atoms with Crippen LogP contribution < -0.4 is 5.32 Å². The van der Waals surface area contributed by atoms with Crippen molar-refractivity contribution in [3.05, 3.63) is 71.3 Å². The molecule has 1 heterocycles. The van der Waals surface area contributed by atoms with Crippen molar-refractivity contribution < 1.29 is 23.9 Å². The number of rotatable bonds is 7. The second kappa shape index (κ2) is 11.2. The zero-order valence-corrected chi connectivity index (χ0v) is 22.7. The first-order chi connectivity index (χ1) is 17.4. The smallest absolute Gasteiger partial charge is 0.437 e. The molecule has 2 aromatic rings. The maximum absolute atomic E-state index is 14.3. The lowest BCUT2D eigenvalue weighted by Gasteiger charge is -2.30. The number of esters is 1. The summed E-state index contributed by atoms with van der Waals surface area (Å²) in [5.74, 6) is -0.410. The van der Waals surface area contributed by atoms with Crippen molar-refractivity contribution in [2.24, 2.45) is 10.9 Å². The van der Waals surface area contributed by atoms with Gasteiger partial charge in [0.05, 0.1) is 18.2 Å². The van der Waals surface area contributed by atoms with Crippen molar-refractivity contribution >= 4 is 23.9 Å². The van der Waals surface area contributed by atoms with E-state index in [2.05, 4.69) is 10.3 Å². The Hall–Kier alpha value is -3.68. The third kappa shape index (κ3) is 6.37. The van der Waals surface area contributed by atoms with Crippen molar-refractivity contribution in [3.8, 4) is 0 Å². The number of guanidine groups is 1. The van der Waals surface area contributed by atoms with Crippen molar-refractivity contribution in [3.63, 3.8) is 0 Å². The standard InChI is InChI=1S/C29H37N3O5/c1-8-36-24(33)22-14-12-13-21(17-22)20(4)32-25(34)29(18-19(2)3,23-15-10-9-11-16-23)31-26(32)30-27(35)37-28(5,6)7/h9-17,19-20H,8,18H2,1-7H3,(H,30,31,35)/t20-,29?/m1/s1.